The van der Waals surface area contributed by atoms with Crippen LogP contribution >= 0.6 is 0 Å². The fraction of sp³-hybridized carbons (Fsp3) is 0.676. The van der Waals surface area contributed by atoms with Gasteiger partial charge in [-0.2, -0.15) is 0 Å². The van der Waals surface area contributed by atoms with Gasteiger partial charge in [0.25, 0.3) is 0 Å². The summed E-state index contributed by atoms with van der Waals surface area (Å²) in [6, 6.07) is 11.1. The monoisotopic (exact) mass is 590 g/mol. The van der Waals surface area contributed by atoms with Crippen LogP contribution in [0.2, 0.25) is 0 Å². The summed E-state index contributed by atoms with van der Waals surface area (Å²) in [5.41, 5.74) is 3.36. The van der Waals surface area contributed by atoms with Crippen molar-refractivity contribution in [2.45, 2.75) is 120 Å². The molecule has 1 saturated carbocycles. The van der Waals surface area contributed by atoms with Gasteiger partial charge in [-0.15, -0.1) is 0 Å². The molecule has 0 amide bonds. The molecule has 2 atom stereocenters. The van der Waals surface area contributed by atoms with E-state index in [2.05, 4.69) is 72.7 Å². The van der Waals surface area contributed by atoms with Crippen LogP contribution in [-0.2, 0) is 14.2 Å². The fourth-order valence-electron chi connectivity index (χ4n) is 4.55. The highest BCUT2D eigenvalue weighted by Gasteiger charge is 2.15. The van der Waals surface area contributed by atoms with Crippen LogP contribution in [0.3, 0.4) is 0 Å². The van der Waals surface area contributed by atoms with Crippen molar-refractivity contribution in [2.24, 2.45) is 23.7 Å². The standard InChI is InChI=1S/C8H8F2.C8H16.C8H10.C7H14O.C6H12O2/c1-5-3-7(9)6(2)8(10)4-5;2*1-7-3-5-8(2)6-4-7;1-6-3-4-7(2)8-5-6;1-5-3-7-6(2)8-4-5/h3-4H,1-2H3;7-8H,3-6H2,1-2H3;3-6H,1-2H3;6-7H,3-5H2,1-2H3;5-6H,3-4H2,1-2H3. The molecular weight excluding hydrogens is 530 g/mol. The number of benzene rings is 2. The maximum atomic E-state index is 12.6. The first-order chi connectivity index (χ1) is 19.8. The van der Waals surface area contributed by atoms with Crippen LogP contribution in [0.4, 0.5) is 8.78 Å². The first kappa shape index (κ1) is 38.2. The van der Waals surface area contributed by atoms with Crippen molar-refractivity contribution >= 4 is 0 Å². The van der Waals surface area contributed by atoms with Crippen LogP contribution in [0.15, 0.2) is 36.4 Å². The number of halogens is 2. The number of rotatable bonds is 0. The lowest BCUT2D eigenvalue weighted by Gasteiger charge is -2.24. The molecule has 5 rings (SSSR count). The predicted octanol–water partition coefficient (Wildman–Crippen LogP) is 10.6. The molecule has 5 heteroatoms. The van der Waals surface area contributed by atoms with Crippen LogP contribution in [0.25, 0.3) is 0 Å². The van der Waals surface area contributed by atoms with E-state index in [-0.39, 0.29) is 11.9 Å². The van der Waals surface area contributed by atoms with Gasteiger partial charge in [0.2, 0.25) is 0 Å². The Kier molecular flexibility index (Phi) is 19.1. The van der Waals surface area contributed by atoms with E-state index in [0.29, 0.717) is 17.6 Å². The lowest BCUT2D eigenvalue weighted by atomic mass is 9.84. The van der Waals surface area contributed by atoms with Gasteiger partial charge in [-0.25, -0.2) is 8.78 Å². The van der Waals surface area contributed by atoms with Crippen LogP contribution in [0, 0.1) is 63.0 Å². The minimum atomic E-state index is -0.475. The predicted molar refractivity (Wildman–Crippen MR) is 173 cm³/mol. The van der Waals surface area contributed by atoms with Crippen molar-refractivity contribution in [3.05, 3.63) is 70.3 Å². The summed E-state index contributed by atoms with van der Waals surface area (Å²) in [4.78, 5) is 0. The summed E-state index contributed by atoms with van der Waals surface area (Å²) in [5, 5.41) is 0. The van der Waals surface area contributed by atoms with Crippen molar-refractivity contribution in [3.8, 4) is 0 Å². The highest BCUT2D eigenvalue weighted by Crippen LogP contribution is 2.27. The van der Waals surface area contributed by atoms with E-state index in [1.54, 1.807) is 6.92 Å². The van der Waals surface area contributed by atoms with E-state index in [1.807, 2.05) is 6.92 Å². The average molecular weight is 591 g/mol. The van der Waals surface area contributed by atoms with Crippen LogP contribution in [0.1, 0.15) is 102 Å². The maximum absolute atomic E-state index is 12.6. The lowest BCUT2D eigenvalue weighted by molar-refractivity contribution is -0.187. The van der Waals surface area contributed by atoms with Crippen molar-refractivity contribution in [3.63, 3.8) is 0 Å². The van der Waals surface area contributed by atoms with Gasteiger partial charge in [0, 0.05) is 18.1 Å². The molecule has 0 radical (unpaired) electrons. The summed E-state index contributed by atoms with van der Waals surface area (Å²) in [6.45, 7) is 23.1. The maximum Gasteiger partial charge on any atom is 0.154 e. The Morgan fingerprint density at radius 2 is 0.881 bits per heavy atom. The number of aryl methyl sites for hydroxylation is 3. The van der Waals surface area contributed by atoms with E-state index in [0.717, 1.165) is 37.6 Å². The van der Waals surface area contributed by atoms with Crippen molar-refractivity contribution in [2.75, 3.05) is 19.8 Å². The molecule has 2 aromatic rings. The van der Waals surface area contributed by atoms with Crippen LogP contribution < -0.4 is 0 Å². The summed E-state index contributed by atoms with van der Waals surface area (Å²) in [7, 11) is 0. The largest absolute Gasteiger partial charge is 0.378 e. The van der Waals surface area contributed by atoms with E-state index in [4.69, 9.17) is 14.2 Å². The molecule has 0 N–H and O–H groups in total. The molecule has 240 valence electrons. The summed E-state index contributed by atoms with van der Waals surface area (Å²) in [5.74, 6) is 2.46. The third kappa shape index (κ3) is 18.0. The van der Waals surface area contributed by atoms with Crippen LogP contribution in [-0.4, -0.2) is 32.2 Å². The second-order valence-corrected chi connectivity index (χ2v) is 13.0. The smallest absolute Gasteiger partial charge is 0.154 e. The summed E-state index contributed by atoms with van der Waals surface area (Å²) >= 11 is 0. The van der Waals surface area contributed by atoms with Crippen LogP contribution in [0.5, 0.6) is 0 Å². The second kappa shape index (κ2) is 21.0. The van der Waals surface area contributed by atoms with E-state index < -0.39 is 11.6 Å². The quantitative estimate of drug-likeness (QED) is 0.305. The Morgan fingerprint density at radius 3 is 1.21 bits per heavy atom. The van der Waals surface area contributed by atoms with Gasteiger partial charge in [-0.05, 0) is 89.8 Å². The summed E-state index contributed by atoms with van der Waals surface area (Å²) < 4.78 is 40.9. The molecule has 1 aliphatic carbocycles. The molecule has 3 nitrogen and oxygen atoms in total. The molecule has 42 heavy (non-hydrogen) atoms. The Hall–Kier alpha value is -1.82. The van der Waals surface area contributed by atoms with Crippen molar-refractivity contribution < 1.29 is 23.0 Å². The number of hydrogen-bond donors (Lipinski definition) is 0. The molecule has 2 aliphatic heterocycles. The number of hydrogen-bond acceptors (Lipinski definition) is 3. The number of ether oxygens (including phenoxy) is 3. The third-order valence-electron chi connectivity index (χ3n) is 7.91. The van der Waals surface area contributed by atoms with Gasteiger partial charge < -0.3 is 14.2 Å². The minimum Gasteiger partial charge on any atom is -0.378 e. The molecule has 0 aromatic heterocycles. The minimum absolute atomic E-state index is 0.0196. The highest BCUT2D eigenvalue weighted by atomic mass is 19.1. The van der Waals surface area contributed by atoms with Gasteiger partial charge in [-0.1, -0.05) is 88.8 Å². The fourth-order valence-corrected chi connectivity index (χ4v) is 4.55. The van der Waals surface area contributed by atoms with E-state index in [9.17, 15) is 8.78 Å². The first-order valence-corrected chi connectivity index (χ1v) is 16.1. The highest BCUT2D eigenvalue weighted by molar-refractivity contribution is 5.23. The molecule has 2 unspecified atom stereocenters. The topological polar surface area (TPSA) is 27.7 Å². The SMILES string of the molecule is CC1CCC(C)CC1.CC1CCC(C)OC1.CC1COC(C)OC1.Cc1cc(F)c(C)c(F)c1.Cc1ccc(C)cc1. The molecule has 2 saturated heterocycles. The molecule has 3 fully saturated rings. The molecule has 2 aromatic carbocycles. The molecule has 3 aliphatic rings. The Bertz CT molecular complexity index is 832. The van der Waals surface area contributed by atoms with Gasteiger partial charge >= 0.3 is 0 Å². The lowest BCUT2D eigenvalue weighted by Crippen LogP contribution is -2.27. The molecule has 0 spiro atoms. The average Bonchev–Trinajstić information content (AvgIpc) is 2.95. The normalized spacial score (nSPS) is 26.9. The van der Waals surface area contributed by atoms with Crippen molar-refractivity contribution in [1.82, 2.24) is 0 Å². The zero-order valence-electron chi connectivity index (χ0n) is 28.3. The summed E-state index contributed by atoms with van der Waals surface area (Å²) in [6.07, 6.45) is 9.03. The van der Waals surface area contributed by atoms with Gasteiger partial charge in [0.05, 0.1) is 19.3 Å². The van der Waals surface area contributed by atoms with Gasteiger partial charge in [0.15, 0.2) is 6.29 Å². The zero-order chi connectivity index (χ0) is 31.7. The van der Waals surface area contributed by atoms with E-state index >= 15 is 0 Å². The van der Waals surface area contributed by atoms with E-state index in [1.165, 1.54) is 68.7 Å². The molecular formula is C37H60F2O3. The third-order valence-corrected chi connectivity index (χ3v) is 7.91. The van der Waals surface area contributed by atoms with Gasteiger partial charge in [0.1, 0.15) is 11.6 Å². The molecule has 0 bridgehead atoms. The Labute approximate surface area is 256 Å². The molecule has 2 heterocycles. The zero-order valence-corrected chi connectivity index (χ0v) is 28.3. The first-order valence-electron chi connectivity index (χ1n) is 16.1. The Morgan fingerprint density at radius 1 is 0.500 bits per heavy atom. The van der Waals surface area contributed by atoms with Gasteiger partial charge in [-0.3, -0.25) is 0 Å². The second-order valence-electron chi connectivity index (χ2n) is 13.0. The van der Waals surface area contributed by atoms with Crippen molar-refractivity contribution in [1.29, 1.82) is 0 Å². The Balaban J connectivity index is 0.000000263.